The normalized spacial score (nSPS) is 19.1. The van der Waals surface area contributed by atoms with Crippen LogP contribution in [-0.2, 0) is 35.1 Å². The maximum Gasteiger partial charge on any atom is 0.245 e. The van der Waals surface area contributed by atoms with Gasteiger partial charge in [-0.2, -0.15) is 0 Å². The highest BCUT2D eigenvalue weighted by molar-refractivity contribution is 5.90. The van der Waals surface area contributed by atoms with Gasteiger partial charge in [-0.15, -0.1) is 0 Å². The Balaban J connectivity index is 2.21. The van der Waals surface area contributed by atoms with Gasteiger partial charge in [-0.25, -0.2) is 0 Å². The molecular weight excluding hydrogens is 636 g/mol. The van der Waals surface area contributed by atoms with E-state index in [0.717, 1.165) is 25.0 Å². The molecule has 2 heterocycles. The first-order chi connectivity index (χ1) is 23.6. The molecule has 4 amide bonds. The third-order valence-electron chi connectivity index (χ3n) is 10.4. The topological polar surface area (TPSA) is 133 Å². The molecule has 0 spiro atoms. The number of ether oxygens (including phenoxy) is 2. The lowest BCUT2D eigenvalue weighted by molar-refractivity contribution is -0.148. The van der Waals surface area contributed by atoms with E-state index < -0.39 is 30.2 Å². The molecular formula is C38H66N6O6. The van der Waals surface area contributed by atoms with E-state index >= 15 is 0 Å². The molecule has 2 N–H and O–H groups in total. The lowest BCUT2D eigenvalue weighted by Crippen LogP contribution is -2.59. The van der Waals surface area contributed by atoms with Gasteiger partial charge in [-0.1, -0.05) is 61.0 Å². The number of carbonyl (C=O) groups is 4. The Kier molecular flexibility index (Phi) is 17.8. The van der Waals surface area contributed by atoms with Gasteiger partial charge in [0.05, 0.1) is 42.7 Å². The van der Waals surface area contributed by atoms with Gasteiger partial charge in [0.2, 0.25) is 23.6 Å². The Morgan fingerprint density at radius 3 is 2.18 bits per heavy atom. The maximum atomic E-state index is 14.2. The lowest BCUT2D eigenvalue weighted by atomic mass is 9.89. The van der Waals surface area contributed by atoms with E-state index in [0.29, 0.717) is 19.5 Å². The first-order valence-electron chi connectivity index (χ1n) is 18.4. The number of rotatable bonds is 20. The number of hydrogen-bond donors (Lipinski definition) is 2. The van der Waals surface area contributed by atoms with Crippen LogP contribution in [0.5, 0.6) is 0 Å². The zero-order chi connectivity index (χ0) is 37.7. The van der Waals surface area contributed by atoms with Gasteiger partial charge < -0.3 is 29.9 Å². The average Bonchev–Trinajstić information content (AvgIpc) is 3.56. The summed E-state index contributed by atoms with van der Waals surface area (Å²) in [5.41, 5.74) is 0.903. The van der Waals surface area contributed by atoms with Crippen LogP contribution in [-0.4, -0.2) is 128 Å². The molecule has 1 aliphatic heterocycles. The predicted molar refractivity (Wildman–Crippen MR) is 196 cm³/mol. The summed E-state index contributed by atoms with van der Waals surface area (Å²) in [7, 11) is 8.64. The van der Waals surface area contributed by atoms with Crippen molar-refractivity contribution < 1.29 is 28.7 Å². The highest BCUT2D eigenvalue weighted by atomic mass is 16.5. The van der Waals surface area contributed by atoms with Crippen LogP contribution in [0.1, 0.15) is 79.8 Å². The Labute approximate surface area is 301 Å². The van der Waals surface area contributed by atoms with Gasteiger partial charge in [0, 0.05) is 52.7 Å². The summed E-state index contributed by atoms with van der Waals surface area (Å²) in [6.45, 7) is 14.8. The standard InChI is InChI=1S/C38H66N6O6/c1-13-26(6)34(43(10)38(48)32(24(2)3)41-37(47)33(25(4)5)42(8)9)30(49-11)23-31(45)44-22-16-18-29(44)35(50-12)27(7)36(46)40-21-19-28-17-14-15-20-39-28/h14-15,17,20,24-27,29-30,32-35H,13,16,18-19,21-23H2,1-12H3,(H,40,46)(H,41,47)/t26-,27?,29?,30+,32?,33?,34?,35?/m0/s1. The Morgan fingerprint density at radius 2 is 1.66 bits per heavy atom. The number of amides is 4. The minimum Gasteiger partial charge on any atom is -0.379 e. The number of hydrogen-bond acceptors (Lipinski definition) is 8. The van der Waals surface area contributed by atoms with E-state index in [1.165, 1.54) is 0 Å². The van der Waals surface area contributed by atoms with E-state index in [-0.39, 0.29) is 59.9 Å². The highest BCUT2D eigenvalue weighted by Gasteiger charge is 2.43. The predicted octanol–water partition coefficient (Wildman–Crippen LogP) is 3.39. The monoisotopic (exact) mass is 703 g/mol. The van der Waals surface area contributed by atoms with E-state index in [1.54, 1.807) is 32.4 Å². The number of carbonyl (C=O) groups excluding carboxylic acids is 4. The van der Waals surface area contributed by atoms with Crippen molar-refractivity contribution in [2.24, 2.45) is 23.7 Å². The third-order valence-corrected chi connectivity index (χ3v) is 10.4. The van der Waals surface area contributed by atoms with Gasteiger partial charge in [0.15, 0.2) is 0 Å². The lowest BCUT2D eigenvalue weighted by Gasteiger charge is -2.41. The Bertz CT molecular complexity index is 1210. The van der Waals surface area contributed by atoms with E-state index in [9.17, 15) is 19.2 Å². The largest absolute Gasteiger partial charge is 0.379 e. The van der Waals surface area contributed by atoms with Crippen molar-refractivity contribution in [3.63, 3.8) is 0 Å². The molecule has 0 aliphatic carbocycles. The van der Waals surface area contributed by atoms with Crippen LogP contribution in [0.25, 0.3) is 0 Å². The fraction of sp³-hybridized carbons (Fsp3) is 0.763. The molecule has 1 aliphatic rings. The summed E-state index contributed by atoms with van der Waals surface area (Å²) in [6.07, 6.45) is 3.63. The quantitative estimate of drug-likeness (QED) is 0.211. The highest BCUT2D eigenvalue weighted by Crippen LogP contribution is 2.29. The Morgan fingerprint density at radius 1 is 0.980 bits per heavy atom. The maximum absolute atomic E-state index is 14.2. The molecule has 0 saturated carbocycles. The molecule has 1 aromatic rings. The summed E-state index contributed by atoms with van der Waals surface area (Å²) in [4.78, 5) is 64.5. The van der Waals surface area contributed by atoms with Crippen molar-refractivity contribution in [1.82, 2.24) is 30.3 Å². The molecule has 12 nitrogen and oxygen atoms in total. The summed E-state index contributed by atoms with van der Waals surface area (Å²) >= 11 is 0. The summed E-state index contributed by atoms with van der Waals surface area (Å²) < 4.78 is 11.9. The van der Waals surface area contributed by atoms with Gasteiger partial charge >= 0.3 is 0 Å². The minimum atomic E-state index is -0.740. The number of likely N-dealkylation sites (tertiary alicyclic amines) is 1. The molecule has 284 valence electrons. The second-order valence-electron chi connectivity index (χ2n) is 14.8. The van der Waals surface area contributed by atoms with Crippen LogP contribution >= 0.6 is 0 Å². The Hall–Kier alpha value is -3.09. The molecule has 12 heteroatoms. The van der Waals surface area contributed by atoms with E-state index in [2.05, 4.69) is 29.5 Å². The first-order valence-corrected chi connectivity index (χ1v) is 18.4. The summed E-state index contributed by atoms with van der Waals surface area (Å²) in [5, 5.41) is 6.05. The zero-order valence-electron chi connectivity index (χ0n) is 32.8. The number of aromatic nitrogens is 1. The van der Waals surface area contributed by atoms with Crippen molar-refractivity contribution in [2.45, 2.75) is 117 Å². The van der Waals surface area contributed by atoms with E-state index in [1.807, 2.05) is 76.7 Å². The summed E-state index contributed by atoms with van der Waals surface area (Å²) in [5.74, 6) is -1.20. The molecule has 0 aromatic carbocycles. The van der Waals surface area contributed by atoms with Gasteiger partial charge in [0.25, 0.3) is 0 Å². The van der Waals surface area contributed by atoms with E-state index in [4.69, 9.17) is 9.47 Å². The van der Waals surface area contributed by atoms with Crippen molar-refractivity contribution in [1.29, 1.82) is 0 Å². The summed E-state index contributed by atoms with van der Waals surface area (Å²) in [6, 6.07) is 3.90. The molecule has 1 aromatic heterocycles. The SMILES string of the molecule is CC[C@H](C)C([C@@H](CC(=O)N1CCCC1C(OC)C(C)C(=O)NCCc1ccccn1)OC)N(C)C(=O)C(NC(=O)C(C(C)C)N(C)C)C(C)C. The fourth-order valence-electron chi connectivity index (χ4n) is 7.43. The molecule has 50 heavy (non-hydrogen) atoms. The fourth-order valence-corrected chi connectivity index (χ4v) is 7.43. The smallest absolute Gasteiger partial charge is 0.245 e. The van der Waals surface area contributed by atoms with Crippen molar-refractivity contribution in [3.8, 4) is 0 Å². The van der Waals surface area contributed by atoms with Crippen LogP contribution in [0.2, 0.25) is 0 Å². The van der Waals surface area contributed by atoms with Crippen LogP contribution in [0, 0.1) is 23.7 Å². The second-order valence-corrected chi connectivity index (χ2v) is 14.8. The van der Waals surface area contributed by atoms with Gasteiger partial charge in [-0.05, 0) is 56.8 Å². The second kappa shape index (κ2) is 20.7. The number of nitrogens with one attached hydrogen (secondary N) is 2. The third kappa shape index (κ3) is 11.5. The molecule has 0 bridgehead atoms. The van der Waals surface area contributed by atoms with Crippen molar-refractivity contribution in [3.05, 3.63) is 30.1 Å². The number of likely N-dealkylation sites (N-methyl/N-ethyl adjacent to an activating group) is 2. The zero-order valence-corrected chi connectivity index (χ0v) is 32.8. The molecule has 8 atom stereocenters. The molecule has 1 saturated heterocycles. The molecule has 6 unspecified atom stereocenters. The molecule has 1 fully saturated rings. The number of methoxy groups -OCH3 is 2. The van der Waals surface area contributed by atoms with Gasteiger partial charge in [-0.3, -0.25) is 29.1 Å². The van der Waals surface area contributed by atoms with Gasteiger partial charge in [0.1, 0.15) is 6.04 Å². The molecule has 0 radical (unpaired) electrons. The van der Waals surface area contributed by atoms with Crippen LogP contribution in [0.3, 0.4) is 0 Å². The van der Waals surface area contributed by atoms with Crippen molar-refractivity contribution >= 4 is 23.6 Å². The number of nitrogens with zero attached hydrogens (tertiary/aromatic N) is 4. The average molecular weight is 703 g/mol. The van der Waals surface area contributed by atoms with Crippen LogP contribution in [0.15, 0.2) is 24.4 Å². The number of pyridine rings is 1. The first kappa shape index (κ1) is 43.1. The molecule has 2 rings (SSSR count). The van der Waals surface area contributed by atoms with Crippen LogP contribution < -0.4 is 10.6 Å². The minimum absolute atomic E-state index is 0.00584. The van der Waals surface area contributed by atoms with Crippen LogP contribution in [0.4, 0.5) is 0 Å². The van der Waals surface area contributed by atoms with Crippen molar-refractivity contribution in [2.75, 3.05) is 48.5 Å².